The maximum Gasteiger partial charge on any atom is 0.264 e. The molecule has 1 aromatic heterocycles. The van der Waals surface area contributed by atoms with E-state index in [1.54, 1.807) is 6.07 Å². The molecule has 0 aliphatic heterocycles. The Morgan fingerprint density at radius 2 is 1.77 bits per heavy atom. The highest BCUT2D eigenvalue weighted by Crippen LogP contribution is 2.35. The SMILES string of the molecule is Cc1c(Cc2ccccc2)sc(NC(=S)NC(=O)COc2ccc3ccccc3c2Br)c1C(N)=O. The van der Waals surface area contributed by atoms with Gasteiger partial charge in [-0.2, -0.15) is 0 Å². The molecule has 4 aromatic rings. The first kappa shape index (κ1) is 24.8. The lowest BCUT2D eigenvalue weighted by atomic mass is 10.1. The number of thiocarbonyl (C=S) groups is 1. The number of halogens is 1. The van der Waals surface area contributed by atoms with Gasteiger partial charge in [-0.15, -0.1) is 11.3 Å². The molecular weight excluding hydrogens is 546 g/mol. The Hall–Kier alpha value is -3.27. The first-order valence-electron chi connectivity index (χ1n) is 10.7. The average Bonchev–Trinajstić information content (AvgIpc) is 3.13. The Balaban J connectivity index is 1.40. The van der Waals surface area contributed by atoms with Crippen LogP contribution in [0, 0.1) is 6.92 Å². The van der Waals surface area contributed by atoms with E-state index in [-0.39, 0.29) is 11.7 Å². The van der Waals surface area contributed by atoms with Crippen molar-refractivity contribution < 1.29 is 14.3 Å². The monoisotopic (exact) mass is 567 g/mol. The summed E-state index contributed by atoms with van der Waals surface area (Å²) in [5, 5.41) is 8.16. The summed E-state index contributed by atoms with van der Waals surface area (Å²) in [5.41, 5.74) is 7.92. The van der Waals surface area contributed by atoms with Crippen molar-refractivity contribution in [2.45, 2.75) is 13.3 Å². The number of carbonyl (C=O) groups is 2. The lowest BCUT2D eigenvalue weighted by Gasteiger charge is -2.12. The molecule has 0 atom stereocenters. The second-order valence-corrected chi connectivity index (χ2v) is 10.1. The number of amides is 2. The number of anilines is 1. The highest BCUT2D eigenvalue weighted by atomic mass is 79.9. The number of fused-ring (bicyclic) bond motifs is 1. The number of nitrogens with two attached hydrogens (primary N) is 1. The molecule has 1 heterocycles. The number of hydrogen-bond acceptors (Lipinski definition) is 5. The second-order valence-electron chi connectivity index (χ2n) is 7.77. The van der Waals surface area contributed by atoms with Gasteiger partial charge in [-0.25, -0.2) is 0 Å². The minimum atomic E-state index is -0.556. The molecule has 4 N–H and O–H groups in total. The summed E-state index contributed by atoms with van der Waals surface area (Å²) in [4.78, 5) is 25.6. The molecule has 9 heteroatoms. The summed E-state index contributed by atoms with van der Waals surface area (Å²) in [7, 11) is 0. The highest BCUT2D eigenvalue weighted by Gasteiger charge is 2.21. The summed E-state index contributed by atoms with van der Waals surface area (Å²) in [5.74, 6) is -0.437. The Morgan fingerprint density at radius 3 is 2.51 bits per heavy atom. The predicted octanol–water partition coefficient (Wildman–Crippen LogP) is 5.55. The minimum Gasteiger partial charge on any atom is -0.483 e. The van der Waals surface area contributed by atoms with Crippen LogP contribution in [0.4, 0.5) is 5.00 Å². The van der Waals surface area contributed by atoms with Gasteiger partial charge in [-0.3, -0.25) is 14.9 Å². The van der Waals surface area contributed by atoms with Crippen LogP contribution in [0.5, 0.6) is 5.75 Å². The van der Waals surface area contributed by atoms with E-state index in [2.05, 4.69) is 26.6 Å². The average molecular weight is 569 g/mol. The number of benzene rings is 3. The zero-order valence-corrected chi connectivity index (χ0v) is 22.0. The van der Waals surface area contributed by atoms with Gasteiger partial charge in [0.05, 0.1) is 10.0 Å². The lowest BCUT2D eigenvalue weighted by molar-refractivity contribution is -0.121. The van der Waals surface area contributed by atoms with Gasteiger partial charge in [0.15, 0.2) is 11.7 Å². The third kappa shape index (κ3) is 5.87. The van der Waals surface area contributed by atoms with Crippen LogP contribution in [-0.2, 0) is 11.2 Å². The van der Waals surface area contributed by atoms with Crippen LogP contribution >= 0.6 is 39.5 Å². The predicted molar refractivity (Wildman–Crippen MR) is 148 cm³/mol. The molecule has 6 nitrogen and oxygen atoms in total. The van der Waals surface area contributed by atoms with Crippen LogP contribution in [0.15, 0.2) is 71.2 Å². The van der Waals surface area contributed by atoms with Gasteiger partial charge >= 0.3 is 0 Å². The number of thiophene rings is 1. The molecule has 0 aliphatic rings. The molecule has 0 saturated carbocycles. The van der Waals surface area contributed by atoms with Crippen LogP contribution in [0.3, 0.4) is 0 Å². The fourth-order valence-electron chi connectivity index (χ4n) is 3.66. The molecule has 0 fully saturated rings. The molecule has 35 heavy (non-hydrogen) atoms. The minimum absolute atomic E-state index is 0.0613. The van der Waals surface area contributed by atoms with Crippen molar-refractivity contribution in [1.29, 1.82) is 0 Å². The van der Waals surface area contributed by atoms with Gasteiger partial charge in [0, 0.05) is 11.3 Å². The van der Waals surface area contributed by atoms with Crippen molar-refractivity contribution in [1.82, 2.24) is 5.32 Å². The van der Waals surface area contributed by atoms with Gasteiger partial charge in [0.2, 0.25) is 0 Å². The Morgan fingerprint density at radius 1 is 1.06 bits per heavy atom. The van der Waals surface area contributed by atoms with Crippen LogP contribution in [0.25, 0.3) is 10.8 Å². The standard InChI is InChI=1S/C26H22BrN3O3S2/c1-15-20(13-16-7-3-2-4-8-16)35-25(22(15)24(28)32)30-26(34)29-21(31)14-33-19-12-11-17-9-5-6-10-18(17)23(19)27/h2-12H,13-14H2,1H3,(H2,28,32)(H2,29,30,31,34). The van der Waals surface area contributed by atoms with E-state index in [0.29, 0.717) is 22.7 Å². The van der Waals surface area contributed by atoms with Gasteiger partial charge in [0.25, 0.3) is 11.8 Å². The van der Waals surface area contributed by atoms with E-state index in [9.17, 15) is 9.59 Å². The fraction of sp³-hybridized carbons (Fsp3) is 0.115. The first-order chi connectivity index (χ1) is 16.8. The van der Waals surface area contributed by atoms with Crippen molar-refractivity contribution in [3.8, 4) is 5.75 Å². The number of primary amides is 1. The zero-order valence-electron chi connectivity index (χ0n) is 18.8. The summed E-state index contributed by atoms with van der Waals surface area (Å²) >= 11 is 10.2. The van der Waals surface area contributed by atoms with E-state index < -0.39 is 11.8 Å². The number of nitrogens with one attached hydrogen (secondary N) is 2. The molecule has 0 radical (unpaired) electrons. The molecule has 0 aliphatic carbocycles. The Kier molecular flexibility index (Phi) is 7.80. The van der Waals surface area contributed by atoms with Gasteiger partial charge < -0.3 is 15.8 Å². The lowest BCUT2D eigenvalue weighted by Crippen LogP contribution is -2.37. The van der Waals surface area contributed by atoms with Crippen molar-refractivity contribution in [3.05, 3.63) is 92.8 Å². The van der Waals surface area contributed by atoms with Crippen molar-refractivity contribution in [2.75, 3.05) is 11.9 Å². The van der Waals surface area contributed by atoms with E-state index in [1.807, 2.05) is 67.6 Å². The van der Waals surface area contributed by atoms with Crippen molar-refractivity contribution >= 4 is 72.2 Å². The van der Waals surface area contributed by atoms with E-state index in [1.165, 1.54) is 11.3 Å². The van der Waals surface area contributed by atoms with Crippen LogP contribution in [0.2, 0.25) is 0 Å². The molecule has 178 valence electrons. The highest BCUT2D eigenvalue weighted by molar-refractivity contribution is 9.10. The molecule has 0 unspecified atom stereocenters. The molecule has 0 bridgehead atoms. The fourth-order valence-corrected chi connectivity index (χ4v) is 5.80. The smallest absolute Gasteiger partial charge is 0.264 e. The summed E-state index contributed by atoms with van der Waals surface area (Å²) in [6.07, 6.45) is 0.660. The zero-order chi connectivity index (χ0) is 24.9. The molecular formula is C26H22BrN3O3S2. The summed E-state index contributed by atoms with van der Waals surface area (Å²) < 4.78 is 6.46. The maximum absolute atomic E-state index is 12.5. The van der Waals surface area contributed by atoms with Crippen molar-refractivity contribution in [2.24, 2.45) is 5.73 Å². The first-order valence-corrected chi connectivity index (χ1v) is 12.7. The van der Waals surface area contributed by atoms with Gasteiger partial charge in [-0.05, 0) is 63.0 Å². The Labute approximate surface area is 220 Å². The van der Waals surface area contributed by atoms with Crippen LogP contribution < -0.4 is 21.1 Å². The Bertz CT molecular complexity index is 1420. The van der Waals surface area contributed by atoms with Crippen LogP contribution in [-0.4, -0.2) is 23.5 Å². The van der Waals surface area contributed by atoms with E-state index in [0.717, 1.165) is 31.2 Å². The molecule has 0 saturated heterocycles. The van der Waals surface area contributed by atoms with Crippen LogP contribution in [0.1, 0.15) is 26.4 Å². The van der Waals surface area contributed by atoms with E-state index >= 15 is 0 Å². The quantitative estimate of drug-likeness (QED) is 0.254. The number of hydrogen-bond donors (Lipinski definition) is 3. The van der Waals surface area contributed by atoms with Crippen molar-refractivity contribution in [3.63, 3.8) is 0 Å². The normalized spacial score (nSPS) is 10.7. The largest absolute Gasteiger partial charge is 0.483 e. The number of rotatable bonds is 7. The third-order valence-electron chi connectivity index (χ3n) is 5.37. The molecule has 2 amide bonds. The summed E-state index contributed by atoms with van der Waals surface area (Å²) in [6, 6.07) is 21.5. The van der Waals surface area contributed by atoms with Gasteiger partial charge in [-0.1, -0.05) is 60.7 Å². The maximum atomic E-state index is 12.5. The summed E-state index contributed by atoms with van der Waals surface area (Å²) in [6.45, 7) is 1.63. The number of carbonyl (C=O) groups excluding carboxylic acids is 2. The third-order valence-corrected chi connectivity index (χ3v) is 7.60. The second kappa shape index (κ2) is 11.0. The van der Waals surface area contributed by atoms with Gasteiger partial charge in [0.1, 0.15) is 10.8 Å². The van der Waals surface area contributed by atoms with E-state index in [4.69, 9.17) is 22.7 Å². The molecule has 0 spiro atoms. The topological polar surface area (TPSA) is 93.4 Å². The molecule has 3 aromatic carbocycles. The molecule has 4 rings (SSSR count). The number of ether oxygens (including phenoxy) is 1.